The van der Waals surface area contributed by atoms with Gasteiger partial charge in [0.05, 0.1) is 40.0 Å². The van der Waals surface area contributed by atoms with Gasteiger partial charge in [-0.15, -0.1) is 12.3 Å². The van der Waals surface area contributed by atoms with E-state index in [2.05, 4.69) is 100 Å². The molecule has 24 nitrogen and oxygen atoms in total. The summed E-state index contributed by atoms with van der Waals surface area (Å²) in [5.74, 6) is 3.26. The van der Waals surface area contributed by atoms with E-state index >= 15 is 0 Å². The number of aromatic amines is 3. The average molecular weight is 1450 g/mol. The molecule has 0 saturated heterocycles. The Bertz CT molecular complexity index is 4980. The van der Waals surface area contributed by atoms with E-state index in [1.807, 2.05) is 112 Å². The molecular formula is C82H103N13O11. The zero-order valence-corrected chi connectivity index (χ0v) is 63.3. The number of nitrogens with zero attached hydrogens (tertiary/aromatic N) is 10. The predicted molar refractivity (Wildman–Crippen MR) is 415 cm³/mol. The summed E-state index contributed by atoms with van der Waals surface area (Å²) < 4.78 is 20.1. The Morgan fingerprint density at radius 1 is 0.613 bits per heavy atom. The van der Waals surface area contributed by atoms with Crippen molar-refractivity contribution in [2.75, 3.05) is 30.0 Å². The van der Waals surface area contributed by atoms with Gasteiger partial charge in [0.15, 0.2) is 34.2 Å². The van der Waals surface area contributed by atoms with Gasteiger partial charge in [0.1, 0.15) is 17.2 Å². The highest BCUT2D eigenvalue weighted by Crippen LogP contribution is 2.38. The number of ether oxygens (including phenoxy) is 3. The third-order valence-electron chi connectivity index (χ3n) is 19.3. The van der Waals surface area contributed by atoms with Crippen LogP contribution in [0.1, 0.15) is 202 Å². The van der Waals surface area contributed by atoms with Crippen molar-refractivity contribution >= 4 is 69.4 Å². The Balaban J connectivity index is 0.000000184. The maximum Gasteiger partial charge on any atom is 0.349 e. The molecule has 24 heteroatoms. The van der Waals surface area contributed by atoms with Gasteiger partial charge < -0.3 is 38.1 Å². The molecule has 6 heterocycles. The number of H-pyrrole nitrogens is 3. The third kappa shape index (κ3) is 21.8. The smallest absolute Gasteiger partial charge is 0.349 e. The molecule has 5 aliphatic heterocycles. The molecular weight excluding hydrogens is 1340 g/mol. The van der Waals surface area contributed by atoms with Gasteiger partial charge >= 0.3 is 29.3 Å². The summed E-state index contributed by atoms with van der Waals surface area (Å²) in [6.07, 6.45) is 24.5. The molecule has 6 aliphatic rings. The quantitative estimate of drug-likeness (QED) is 0.0124. The number of terminal acetylenes is 1. The lowest BCUT2D eigenvalue weighted by molar-refractivity contribution is -0.155. The van der Waals surface area contributed by atoms with Gasteiger partial charge in [-0.3, -0.25) is 38.7 Å². The van der Waals surface area contributed by atoms with Gasteiger partial charge in [0.2, 0.25) is 0 Å². The van der Waals surface area contributed by atoms with E-state index in [9.17, 15) is 38.4 Å². The summed E-state index contributed by atoms with van der Waals surface area (Å²) in [5.41, 5.74) is 10.2. The number of nitrogens with one attached hydrogen (secondary N) is 3. The first kappa shape index (κ1) is 79.7. The molecule has 0 radical (unpaired) electrons. The minimum atomic E-state index is -0.675. The van der Waals surface area contributed by atoms with Crippen molar-refractivity contribution in [3.63, 3.8) is 0 Å². The molecule has 1 saturated carbocycles. The maximum absolute atomic E-state index is 12.6. The van der Waals surface area contributed by atoms with Crippen LogP contribution in [0.25, 0.3) is 51.7 Å². The Hall–Kier alpha value is -10.4. The number of aromatic nitrogens is 10. The summed E-state index contributed by atoms with van der Waals surface area (Å²) in [6, 6.07) is 22.8. The number of hydrogen-bond acceptors (Lipinski definition) is 19. The van der Waals surface area contributed by atoms with Crippen molar-refractivity contribution < 1.29 is 28.6 Å². The number of hydrogen-bond donors (Lipinski definition) is 3. The lowest BCUT2D eigenvalue weighted by atomic mass is 10.1. The molecule has 1 unspecified atom stereocenters. The molecule has 3 N–H and O–H groups in total. The van der Waals surface area contributed by atoms with Gasteiger partial charge in [-0.2, -0.15) is 9.97 Å². The van der Waals surface area contributed by atoms with Gasteiger partial charge in [0, 0.05) is 70.5 Å². The normalized spacial score (nSPS) is 12.9. The Morgan fingerprint density at radius 2 is 1.14 bits per heavy atom. The lowest BCUT2D eigenvalue weighted by Crippen LogP contribution is -2.42. The van der Waals surface area contributed by atoms with Crippen LogP contribution >= 0.6 is 0 Å². The first-order valence-electron chi connectivity index (χ1n) is 37.5. The Kier molecular flexibility index (Phi) is 28.2. The van der Waals surface area contributed by atoms with Crippen LogP contribution < -0.4 is 48.7 Å². The minimum absolute atomic E-state index is 0.145. The molecule has 11 rings (SSSR count). The van der Waals surface area contributed by atoms with Gasteiger partial charge in [-0.1, -0.05) is 88.3 Å². The molecule has 1 fully saturated rings. The van der Waals surface area contributed by atoms with Crippen molar-refractivity contribution in [1.29, 1.82) is 0 Å². The first-order chi connectivity index (χ1) is 50.7. The molecule has 0 spiro atoms. The summed E-state index contributed by atoms with van der Waals surface area (Å²) >= 11 is 0. The highest BCUT2D eigenvalue weighted by Gasteiger charge is 2.27. The molecule has 1 aliphatic carbocycles. The number of carbonyl (C=O) groups excluding carboxylic acids is 3. The maximum atomic E-state index is 12.6. The fraction of sp³-hybridized carbons (Fsp3) is 0.488. The second-order valence-corrected chi connectivity index (χ2v) is 29.0. The number of fused-ring (bicyclic) bond motifs is 6. The van der Waals surface area contributed by atoms with Crippen molar-refractivity contribution in [2.45, 2.75) is 241 Å². The van der Waals surface area contributed by atoms with E-state index in [1.54, 1.807) is 0 Å². The average Bonchev–Trinajstić information content (AvgIpc) is 0.819. The first-order valence-corrected chi connectivity index (χ1v) is 37.5. The van der Waals surface area contributed by atoms with Crippen LogP contribution in [-0.2, 0) is 48.1 Å². The summed E-state index contributed by atoms with van der Waals surface area (Å²) in [7, 11) is 2.15. The minimum Gasteiger partial charge on any atom is -0.466 e. The van der Waals surface area contributed by atoms with Crippen molar-refractivity contribution in [3.8, 4) is 35.4 Å². The zero-order chi connectivity index (χ0) is 76.2. The van der Waals surface area contributed by atoms with E-state index in [-0.39, 0.29) is 41.0 Å². The van der Waals surface area contributed by atoms with Crippen LogP contribution in [-0.4, -0.2) is 105 Å². The topological polar surface area (TPSA) is 305 Å². The highest BCUT2D eigenvalue weighted by atomic mass is 16.6. The van der Waals surface area contributed by atoms with E-state index in [0.29, 0.717) is 97.3 Å². The van der Waals surface area contributed by atoms with Crippen LogP contribution in [0, 0.1) is 47.0 Å². The second kappa shape index (κ2) is 37.5. The number of esters is 3. The molecule has 562 valence electrons. The molecule has 1 aromatic heterocycles. The van der Waals surface area contributed by atoms with Crippen LogP contribution in [0.3, 0.4) is 0 Å². The summed E-state index contributed by atoms with van der Waals surface area (Å²) in [5, 5.41) is 0.322. The molecule has 106 heavy (non-hydrogen) atoms. The monoisotopic (exact) mass is 1450 g/mol. The van der Waals surface area contributed by atoms with E-state index in [4.69, 9.17) is 20.6 Å². The van der Waals surface area contributed by atoms with Crippen molar-refractivity contribution in [2.24, 2.45) is 4.99 Å². The van der Waals surface area contributed by atoms with Crippen LogP contribution in [0.4, 0.5) is 22.9 Å². The Labute approximate surface area is 618 Å². The second-order valence-electron chi connectivity index (χ2n) is 29.0. The van der Waals surface area contributed by atoms with Gasteiger partial charge in [0.25, 0.3) is 16.7 Å². The third-order valence-corrected chi connectivity index (χ3v) is 19.3. The fourth-order valence-electron chi connectivity index (χ4n) is 13.6. The number of unbranched alkanes of at least 4 members (excludes halogenated alkanes) is 11. The summed E-state index contributed by atoms with van der Waals surface area (Å²) in [4.78, 5) is 135. The number of benzene rings is 4. The zero-order valence-electron chi connectivity index (χ0n) is 63.3. The predicted octanol–water partition coefficient (Wildman–Crippen LogP) is 12.4. The highest BCUT2D eigenvalue weighted by molar-refractivity contribution is 5.85. The SMILES string of the molecule is C#CCCCCOC(=O)CCCCCCN1c2cc(C)c(C)cc2N=c2c1nc(=C)[nH]c2=O.Cc1cc2nc3c(=O)[nH]c(=O)nc-3n(CCCCCCC(=O)OC(C)(C)C)c2cc1N(C)C1CCCC1.Cc1cc2nc3c(=O)[nH]c(=O)nc-3n(CCCCCCC(=O)OC(C)Cc3ccccc3)c2cc1C. The number of anilines is 3. The van der Waals surface area contributed by atoms with Crippen LogP contribution in [0.5, 0.6) is 0 Å². The van der Waals surface area contributed by atoms with E-state index < -0.39 is 28.1 Å². The van der Waals surface area contributed by atoms with Gasteiger partial charge in [-0.05, 0) is 196 Å². The Morgan fingerprint density at radius 3 is 1.74 bits per heavy atom. The molecule has 1 atom stereocenters. The standard InChI is InChI=1S/C28H39N5O4.C28H32N4O4.C26H32N4O3/c1-18-16-20-22(17-21(18)32(5)19-12-9-10-13-19)33(25-24(29-20)26(35)31-27(36)30-25)15-11-7-6-8-14-23(34)37-28(2,3)4;1-18-15-22-23(16-19(18)2)32(26-25(29-22)27(34)31-28(35)30-26)14-10-5-4-9-13-24(33)36-20(3)17-21-11-7-6-8-12-21;1-5-6-7-12-15-33-23(31)13-10-8-9-11-14-30-22-17-19(3)18(2)16-21(22)29-24-25(30)27-20(4)28-26(24)32/h16-17,19H,6-15H2,1-5H3,(H,31,35,36);6-8,11-12,15-16,20H,4-5,9-10,13-14,17H2,1-3H3,(H,31,34,35);1,16-17H,4,6-15H2,2-3H3,(H,28,32). The van der Waals surface area contributed by atoms with Crippen molar-refractivity contribution in [3.05, 3.63) is 163 Å². The fourth-order valence-corrected chi connectivity index (χ4v) is 13.6. The van der Waals surface area contributed by atoms with Gasteiger partial charge in [-0.25, -0.2) is 29.5 Å². The number of rotatable bonds is 30. The van der Waals surface area contributed by atoms with Crippen molar-refractivity contribution in [1.82, 2.24) is 49.0 Å². The van der Waals surface area contributed by atoms with E-state index in [0.717, 1.165) is 158 Å². The molecule has 0 bridgehead atoms. The molecule has 0 amide bonds. The lowest BCUT2D eigenvalue weighted by Gasteiger charge is -2.29. The largest absolute Gasteiger partial charge is 0.466 e. The van der Waals surface area contributed by atoms with Crippen LogP contribution in [0.2, 0.25) is 0 Å². The van der Waals surface area contributed by atoms with Crippen LogP contribution in [0.15, 0.2) is 95.7 Å². The van der Waals surface area contributed by atoms with E-state index in [1.165, 1.54) is 25.7 Å². The number of aryl methyl sites for hydroxylation is 7. The molecule has 4 aromatic carbocycles. The number of carbonyl (C=O) groups is 3. The molecule has 5 aromatic rings. The summed E-state index contributed by atoms with van der Waals surface area (Å²) in [6.45, 7) is 23.9.